The first-order chi connectivity index (χ1) is 3.93. The smallest absolute Gasteiger partial charge is 0.342 e. The Kier molecular flexibility index (Phi) is 6.51. The van der Waals surface area contributed by atoms with Gasteiger partial charge in [0.1, 0.15) is 0 Å². The third-order valence-corrected chi connectivity index (χ3v) is 1.76. The van der Waals surface area contributed by atoms with Gasteiger partial charge < -0.3 is 12.2 Å². The summed E-state index contributed by atoms with van der Waals surface area (Å²) in [6.07, 6.45) is 5.15. The van der Waals surface area contributed by atoms with Crippen LogP contribution in [-0.2, 0) is 32.7 Å². The van der Waals surface area contributed by atoms with Crippen LogP contribution in [0.4, 0.5) is 0 Å². The van der Waals surface area contributed by atoms with Crippen LogP contribution in [0.1, 0.15) is 25.7 Å². The standard InChI is InChI=1S/C7H14N.Y/c1-2-7-5-3-4-6-8-7;/h7-8H,1-6H2;/q-1;+3. The van der Waals surface area contributed by atoms with Crippen molar-refractivity contribution in [2.24, 2.45) is 0 Å². The molecule has 0 aromatic heterocycles. The van der Waals surface area contributed by atoms with Crippen molar-refractivity contribution < 1.29 is 32.7 Å². The number of hydrogen-bond acceptors (Lipinski definition) is 1. The van der Waals surface area contributed by atoms with Gasteiger partial charge in [-0.15, -0.1) is 0 Å². The monoisotopic (exact) mass is 201 g/mol. The molecule has 1 atom stereocenters. The fourth-order valence-electron chi connectivity index (χ4n) is 1.17. The van der Waals surface area contributed by atoms with Crippen molar-refractivity contribution in [2.75, 3.05) is 6.54 Å². The second-order valence-electron chi connectivity index (χ2n) is 2.44. The Labute approximate surface area is 82.9 Å². The summed E-state index contributed by atoms with van der Waals surface area (Å²) in [5, 5.41) is 3.41. The van der Waals surface area contributed by atoms with Crippen LogP contribution in [0.3, 0.4) is 0 Å². The Balaban J connectivity index is 0.000000640. The molecule has 1 unspecified atom stereocenters. The van der Waals surface area contributed by atoms with Crippen LogP contribution in [0.5, 0.6) is 0 Å². The molecule has 0 aliphatic carbocycles. The molecule has 1 N–H and O–H groups in total. The zero-order valence-corrected chi connectivity index (χ0v) is 8.74. The molecule has 48 valence electrons. The van der Waals surface area contributed by atoms with Gasteiger partial charge in [0.25, 0.3) is 0 Å². The van der Waals surface area contributed by atoms with Gasteiger partial charge in [-0.05, 0) is 25.4 Å². The SMILES string of the molecule is [CH2-]CC1CCCCN1.[Y+3]. The van der Waals surface area contributed by atoms with E-state index in [1.807, 2.05) is 0 Å². The van der Waals surface area contributed by atoms with E-state index < -0.39 is 0 Å². The average molecular weight is 201 g/mol. The van der Waals surface area contributed by atoms with Gasteiger partial charge in [-0.25, -0.2) is 0 Å². The van der Waals surface area contributed by atoms with Gasteiger partial charge in [-0.3, -0.25) is 0 Å². The van der Waals surface area contributed by atoms with Crippen molar-refractivity contribution in [2.45, 2.75) is 31.7 Å². The van der Waals surface area contributed by atoms with E-state index in [1.165, 1.54) is 25.8 Å². The molecule has 1 aliphatic rings. The van der Waals surface area contributed by atoms with E-state index in [9.17, 15) is 0 Å². The Morgan fingerprint density at radius 3 is 2.56 bits per heavy atom. The molecule has 0 radical (unpaired) electrons. The Morgan fingerprint density at radius 1 is 1.44 bits per heavy atom. The van der Waals surface area contributed by atoms with Crippen LogP contribution in [0, 0.1) is 6.92 Å². The third-order valence-electron chi connectivity index (χ3n) is 1.76. The van der Waals surface area contributed by atoms with E-state index in [-0.39, 0.29) is 32.7 Å². The third kappa shape index (κ3) is 3.69. The molecule has 0 aromatic carbocycles. The molecular formula is C7H14NY+2. The van der Waals surface area contributed by atoms with Crippen LogP contribution in [0.15, 0.2) is 0 Å². The fourth-order valence-corrected chi connectivity index (χ4v) is 1.17. The molecular weight excluding hydrogens is 187 g/mol. The van der Waals surface area contributed by atoms with Gasteiger partial charge in [-0.1, -0.05) is 6.42 Å². The maximum atomic E-state index is 3.85. The first-order valence-corrected chi connectivity index (χ1v) is 3.46. The Hall–Kier alpha value is 1.06. The van der Waals surface area contributed by atoms with Crippen molar-refractivity contribution >= 4 is 0 Å². The topological polar surface area (TPSA) is 12.0 Å². The summed E-state index contributed by atoms with van der Waals surface area (Å²) in [6, 6.07) is 0.726. The second kappa shape index (κ2) is 5.82. The molecule has 1 nitrogen and oxygen atoms in total. The van der Waals surface area contributed by atoms with Crippen molar-refractivity contribution in [3.8, 4) is 0 Å². The van der Waals surface area contributed by atoms with Crippen molar-refractivity contribution in [1.82, 2.24) is 5.32 Å². The summed E-state index contributed by atoms with van der Waals surface area (Å²) in [6.45, 7) is 5.06. The predicted octanol–water partition coefficient (Wildman–Crippen LogP) is 1.35. The molecule has 0 saturated carbocycles. The molecule has 9 heavy (non-hydrogen) atoms. The zero-order valence-electron chi connectivity index (χ0n) is 5.90. The summed E-state index contributed by atoms with van der Waals surface area (Å²) in [4.78, 5) is 0. The van der Waals surface area contributed by atoms with Gasteiger partial charge >= 0.3 is 32.7 Å². The van der Waals surface area contributed by atoms with Gasteiger partial charge in [0.05, 0.1) is 0 Å². The quantitative estimate of drug-likeness (QED) is 0.631. The molecule has 0 spiro atoms. The average Bonchev–Trinajstić information content (AvgIpc) is 1.90. The molecule has 1 fully saturated rings. The maximum absolute atomic E-state index is 3.85. The summed E-state index contributed by atoms with van der Waals surface area (Å²) in [5.74, 6) is 0. The summed E-state index contributed by atoms with van der Waals surface area (Å²) < 4.78 is 0. The molecule has 0 amide bonds. The van der Waals surface area contributed by atoms with E-state index >= 15 is 0 Å². The van der Waals surface area contributed by atoms with Crippen LogP contribution >= 0.6 is 0 Å². The van der Waals surface area contributed by atoms with Crippen LogP contribution in [0.2, 0.25) is 0 Å². The number of piperidine rings is 1. The first-order valence-electron chi connectivity index (χ1n) is 3.46. The minimum Gasteiger partial charge on any atom is -0.342 e. The number of hydrogen-bond donors (Lipinski definition) is 1. The zero-order chi connectivity index (χ0) is 5.82. The molecule has 1 aliphatic heterocycles. The van der Waals surface area contributed by atoms with Crippen LogP contribution in [-0.4, -0.2) is 12.6 Å². The van der Waals surface area contributed by atoms with Crippen molar-refractivity contribution in [1.29, 1.82) is 0 Å². The van der Waals surface area contributed by atoms with Crippen molar-refractivity contribution in [3.05, 3.63) is 6.92 Å². The molecule has 0 bridgehead atoms. The number of rotatable bonds is 1. The van der Waals surface area contributed by atoms with Crippen LogP contribution < -0.4 is 5.32 Å². The maximum Gasteiger partial charge on any atom is 3.00 e. The van der Waals surface area contributed by atoms with E-state index in [2.05, 4.69) is 12.2 Å². The van der Waals surface area contributed by atoms with E-state index in [0.717, 1.165) is 12.5 Å². The van der Waals surface area contributed by atoms with E-state index in [1.54, 1.807) is 0 Å². The number of nitrogens with one attached hydrogen (secondary N) is 1. The molecule has 0 aromatic rings. The van der Waals surface area contributed by atoms with Gasteiger partial charge in [0.2, 0.25) is 0 Å². The summed E-state index contributed by atoms with van der Waals surface area (Å²) >= 11 is 0. The minimum atomic E-state index is 0. The van der Waals surface area contributed by atoms with Gasteiger partial charge in [0.15, 0.2) is 0 Å². The normalized spacial score (nSPS) is 27.0. The Morgan fingerprint density at radius 2 is 2.22 bits per heavy atom. The molecule has 1 heterocycles. The van der Waals surface area contributed by atoms with Crippen molar-refractivity contribution in [3.63, 3.8) is 0 Å². The van der Waals surface area contributed by atoms with Crippen LogP contribution in [0.25, 0.3) is 0 Å². The first kappa shape index (κ1) is 10.1. The molecule has 1 saturated heterocycles. The fraction of sp³-hybridized carbons (Fsp3) is 0.857. The van der Waals surface area contributed by atoms with E-state index in [0.29, 0.717) is 0 Å². The molecule has 1 rings (SSSR count). The largest absolute Gasteiger partial charge is 3.00 e. The van der Waals surface area contributed by atoms with E-state index in [4.69, 9.17) is 0 Å². The summed E-state index contributed by atoms with van der Waals surface area (Å²) in [7, 11) is 0. The minimum absolute atomic E-state index is 0. The van der Waals surface area contributed by atoms with Gasteiger partial charge in [-0.2, -0.15) is 6.42 Å². The predicted molar refractivity (Wildman–Crippen MR) is 35.6 cm³/mol. The van der Waals surface area contributed by atoms with Gasteiger partial charge in [0, 0.05) is 0 Å². The second-order valence-corrected chi connectivity index (χ2v) is 2.44. The molecule has 2 heteroatoms. The Bertz CT molecular complexity index is 59.9. The summed E-state index contributed by atoms with van der Waals surface area (Å²) in [5.41, 5.74) is 0.